The SMILES string of the molecule is Cc1ccc(CN(C)c2ncnc3ccc(S(C)(=O)=O)cc23)c(C)c1. The first kappa shape index (κ1) is 17.4. The Labute approximate surface area is 148 Å². The number of rotatable bonds is 4. The minimum atomic E-state index is -3.28. The number of aromatic nitrogens is 2. The van der Waals surface area contributed by atoms with Gasteiger partial charge in [-0.1, -0.05) is 23.8 Å². The smallest absolute Gasteiger partial charge is 0.175 e. The van der Waals surface area contributed by atoms with Crippen molar-refractivity contribution in [1.29, 1.82) is 0 Å². The summed E-state index contributed by atoms with van der Waals surface area (Å²) in [5.74, 6) is 0.718. The first-order chi connectivity index (χ1) is 11.8. The predicted molar refractivity (Wildman–Crippen MR) is 101 cm³/mol. The molecule has 0 spiro atoms. The number of hydrogen-bond acceptors (Lipinski definition) is 5. The number of fused-ring (bicyclic) bond motifs is 1. The summed E-state index contributed by atoms with van der Waals surface area (Å²) in [6.45, 7) is 4.85. The third kappa shape index (κ3) is 3.64. The first-order valence-electron chi connectivity index (χ1n) is 7.98. The van der Waals surface area contributed by atoms with Gasteiger partial charge in [0.2, 0.25) is 0 Å². The molecule has 3 aromatic rings. The van der Waals surface area contributed by atoms with Crippen molar-refractivity contribution in [2.24, 2.45) is 0 Å². The number of aryl methyl sites for hydroxylation is 2. The highest BCUT2D eigenvalue weighted by molar-refractivity contribution is 7.90. The average molecular weight is 355 g/mol. The highest BCUT2D eigenvalue weighted by Gasteiger charge is 2.14. The van der Waals surface area contributed by atoms with E-state index < -0.39 is 9.84 Å². The van der Waals surface area contributed by atoms with Crippen molar-refractivity contribution in [3.63, 3.8) is 0 Å². The van der Waals surface area contributed by atoms with Gasteiger partial charge in [-0.3, -0.25) is 0 Å². The molecule has 6 heteroatoms. The van der Waals surface area contributed by atoms with E-state index in [1.54, 1.807) is 18.2 Å². The second-order valence-electron chi connectivity index (χ2n) is 6.43. The van der Waals surface area contributed by atoms with Crippen LogP contribution in [0.2, 0.25) is 0 Å². The maximum absolute atomic E-state index is 11.9. The zero-order valence-corrected chi connectivity index (χ0v) is 15.6. The highest BCUT2D eigenvalue weighted by Crippen LogP contribution is 2.26. The van der Waals surface area contributed by atoms with E-state index in [1.165, 1.54) is 29.3 Å². The standard InChI is InChI=1S/C19H21N3O2S/c1-13-5-6-15(14(2)9-13)11-22(3)19-17-10-16(25(4,23)24)7-8-18(17)20-12-21-19/h5-10,12H,11H2,1-4H3. The molecule has 0 fully saturated rings. The quantitative estimate of drug-likeness (QED) is 0.719. The van der Waals surface area contributed by atoms with E-state index in [9.17, 15) is 8.42 Å². The summed E-state index contributed by atoms with van der Waals surface area (Å²) in [5.41, 5.74) is 4.39. The molecule has 0 aliphatic heterocycles. The van der Waals surface area contributed by atoms with Crippen molar-refractivity contribution in [2.75, 3.05) is 18.2 Å². The molecule has 0 saturated carbocycles. The fraction of sp³-hybridized carbons (Fsp3) is 0.263. The third-order valence-electron chi connectivity index (χ3n) is 4.28. The molecule has 0 atom stereocenters. The second kappa shape index (κ2) is 6.44. The predicted octanol–water partition coefficient (Wildman–Crippen LogP) is 3.29. The van der Waals surface area contributed by atoms with Gasteiger partial charge in [-0.05, 0) is 43.2 Å². The van der Waals surface area contributed by atoms with Gasteiger partial charge in [0.05, 0.1) is 10.4 Å². The lowest BCUT2D eigenvalue weighted by atomic mass is 10.1. The van der Waals surface area contributed by atoms with Gasteiger partial charge in [-0.15, -0.1) is 0 Å². The molecule has 25 heavy (non-hydrogen) atoms. The number of hydrogen-bond donors (Lipinski definition) is 0. The van der Waals surface area contributed by atoms with Gasteiger partial charge in [0.1, 0.15) is 12.1 Å². The van der Waals surface area contributed by atoms with E-state index in [4.69, 9.17) is 0 Å². The maximum atomic E-state index is 11.9. The van der Waals surface area contributed by atoms with Crippen LogP contribution in [0.3, 0.4) is 0 Å². The largest absolute Gasteiger partial charge is 0.355 e. The minimum Gasteiger partial charge on any atom is -0.355 e. The molecule has 0 saturated heterocycles. The molecular formula is C19H21N3O2S. The Kier molecular flexibility index (Phi) is 4.47. The van der Waals surface area contributed by atoms with Gasteiger partial charge in [-0.25, -0.2) is 18.4 Å². The Hall–Kier alpha value is -2.47. The molecule has 0 amide bonds. The Bertz CT molecular complexity index is 1050. The topological polar surface area (TPSA) is 63.2 Å². The Morgan fingerprint density at radius 3 is 2.48 bits per heavy atom. The summed E-state index contributed by atoms with van der Waals surface area (Å²) >= 11 is 0. The molecule has 2 aromatic carbocycles. The van der Waals surface area contributed by atoms with E-state index in [1.807, 2.05) is 11.9 Å². The molecule has 0 unspecified atom stereocenters. The Morgan fingerprint density at radius 1 is 1.04 bits per heavy atom. The fourth-order valence-electron chi connectivity index (χ4n) is 2.91. The number of benzene rings is 2. The van der Waals surface area contributed by atoms with Crippen LogP contribution in [0.25, 0.3) is 10.9 Å². The van der Waals surface area contributed by atoms with Gasteiger partial charge >= 0.3 is 0 Å². The van der Waals surface area contributed by atoms with E-state index >= 15 is 0 Å². The van der Waals surface area contributed by atoms with Crippen LogP contribution in [0.15, 0.2) is 47.6 Å². The molecule has 0 N–H and O–H groups in total. The minimum absolute atomic E-state index is 0.274. The van der Waals surface area contributed by atoms with Crippen molar-refractivity contribution in [3.8, 4) is 0 Å². The zero-order chi connectivity index (χ0) is 18.2. The molecule has 0 bridgehead atoms. The lowest BCUT2D eigenvalue weighted by Crippen LogP contribution is -2.19. The molecule has 0 aliphatic carbocycles. The van der Waals surface area contributed by atoms with Crippen LogP contribution >= 0.6 is 0 Å². The van der Waals surface area contributed by atoms with Gasteiger partial charge < -0.3 is 4.90 Å². The van der Waals surface area contributed by atoms with Gasteiger partial charge in [0.25, 0.3) is 0 Å². The lowest BCUT2D eigenvalue weighted by molar-refractivity contribution is 0.602. The number of anilines is 1. The molecule has 130 valence electrons. The van der Waals surface area contributed by atoms with Crippen LogP contribution in [0.5, 0.6) is 0 Å². The second-order valence-corrected chi connectivity index (χ2v) is 8.45. The van der Waals surface area contributed by atoms with Crippen molar-refractivity contribution in [1.82, 2.24) is 9.97 Å². The number of nitrogens with zero attached hydrogens (tertiary/aromatic N) is 3. The average Bonchev–Trinajstić information content (AvgIpc) is 2.55. The van der Waals surface area contributed by atoms with Gasteiger partial charge in [-0.2, -0.15) is 0 Å². The molecule has 1 heterocycles. The summed E-state index contributed by atoms with van der Waals surface area (Å²) in [6.07, 6.45) is 2.72. The summed E-state index contributed by atoms with van der Waals surface area (Å²) in [5, 5.41) is 0.734. The third-order valence-corrected chi connectivity index (χ3v) is 5.39. The molecular weight excluding hydrogens is 334 g/mol. The van der Waals surface area contributed by atoms with E-state index in [-0.39, 0.29) is 4.90 Å². The van der Waals surface area contributed by atoms with Crippen molar-refractivity contribution in [3.05, 3.63) is 59.4 Å². The van der Waals surface area contributed by atoms with Crippen LogP contribution < -0.4 is 4.90 Å². The van der Waals surface area contributed by atoms with Crippen LogP contribution in [0, 0.1) is 13.8 Å². The van der Waals surface area contributed by atoms with E-state index in [0.29, 0.717) is 6.54 Å². The van der Waals surface area contributed by atoms with Crippen molar-refractivity contribution in [2.45, 2.75) is 25.3 Å². The fourth-order valence-corrected chi connectivity index (χ4v) is 3.56. The lowest BCUT2D eigenvalue weighted by Gasteiger charge is -2.21. The maximum Gasteiger partial charge on any atom is 0.175 e. The van der Waals surface area contributed by atoms with E-state index in [0.717, 1.165) is 16.7 Å². The Balaban J connectivity index is 2.04. The van der Waals surface area contributed by atoms with Crippen molar-refractivity contribution < 1.29 is 8.42 Å². The molecule has 0 aliphatic rings. The van der Waals surface area contributed by atoms with Crippen LogP contribution in [0.1, 0.15) is 16.7 Å². The van der Waals surface area contributed by atoms with Crippen LogP contribution in [-0.4, -0.2) is 31.7 Å². The van der Waals surface area contributed by atoms with Gasteiger partial charge in [0.15, 0.2) is 9.84 Å². The summed E-state index contributed by atoms with van der Waals surface area (Å²) in [4.78, 5) is 10.9. The molecule has 0 radical (unpaired) electrons. The Morgan fingerprint density at radius 2 is 1.80 bits per heavy atom. The number of sulfone groups is 1. The monoisotopic (exact) mass is 355 g/mol. The van der Waals surface area contributed by atoms with E-state index in [2.05, 4.69) is 42.0 Å². The summed E-state index contributed by atoms with van der Waals surface area (Å²) < 4.78 is 23.7. The van der Waals surface area contributed by atoms with Gasteiger partial charge in [0, 0.05) is 25.2 Å². The highest BCUT2D eigenvalue weighted by atomic mass is 32.2. The van der Waals surface area contributed by atoms with Crippen LogP contribution in [0.4, 0.5) is 5.82 Å². The molecule has 3 rings (SSSR count). The summed E-state index contributed by atoms with van der Waals surface area (Å²) in [6, 6.07) is 11.3. The normalized spacial score (nSPS) is 11.7. The zero-order valence-electron chi connectivity index (χ0n) is 14.8. The molecule has 1 aromatic heterocycles. The first-order valence-corrected chi connectivity index (χ1v) is 9.87. The van der Waals surface area contributed by atoms with Crippen LogP contribution in [-0.2, 0) is 16.4 Å². The molecule has 5 nitrogen and oxygen atoms in total. The summed E-state index contributed by atoms with van der Waals surface area (Å²) in [7, 11) is -1.33. The van der Waals surface area contributed by atoms with Crippen molar-refractivity contribution >= 4 is 26.6 Å².